The first kappa shape index (κ1) is 21.1. The quantitative estimate of drug-likeness (QED) is 0.472. The lowest BCUT2D eigenvalue weighted by Crippen LogP contribution is -2.32. The number of carbonyl (C=O) groups excluding carboxylic acids is 2. The Morgan fingerprint density at radius 3 is 2.21 bits per heavy atom. The Kier molecular flexibility index (Phi) is 8.14. The van der Waals surface area contributed by atoms with Crippen LogP contribution in [0.3, 0.4) is 0 Å². The highest BCUT2D eigenvalue weighted by atomic mass is 16.5. The van der Waals surface area contributed by atoms with Gasteiger partial charge in [0.2, 0.25) is 0 Å². The number of ether oxygens (including phenoxy) is 4. The highest BCUT2D eigenvalue weighted by Crippen LogP contribution is 2.28. The summed E-state index contributed by atoms with van der Waals surface area (Å²) in [4.78, 5) is 23.3. The van der Waals surface area contributed by atoms with Gasteiger partial charge in [0, 0.05) is 5.56 Å². The lowest BCUT2D eigenvalue weighted by molar-refractivity contribution is -0.123. The van der Waals surface area contributed by atoms with Crippen molar-refractivity contribution in [2.45, 2.75) is 13.8 Å². The molecule has 0 unspecified atom stereocenters. The molecule has 0 aromatic heterocycles. The van der Waals surface area contributed by atoms with Crippen LogP contribution in [0.5, 0.6) is 23.0 Å². The largest absolute Gasteiger partial charge is 0.494 e. The van der Waals surface area contributed by atoms with Crippen molar-refractivity contribution in [2.24, 2.45) is 0 Å². The third-order valence-electron chi connectivity index (χ3n) is 3.76. The van der Waals surface area contributed by atoms with E-state index in [9.17, 15) is 9.59 Å². The molecule has 28 heavy (non-hydrogen) atoms. The van der Waals surface area contributed by atoms with Crippen LogP contribution in [0.15, 0.2) is 42.5 Å². The van der Waals surface area contributed by atoms with Gasteiger partial charge in [-0.15, -0.1) is 0 Å². The average molecular weight is 387 g/mol. The van der Waals surface area contributed by atoms with Crippen molar-refractivity contribution in [3.05, 3.63) is 48.0 Å². The summed E-state index contributed by atoms with van der Waals surface area (Å²) in [6, 6.07) is 12.1. The maximum Gasteiger partial charge on any atom is 0.258 e. The molecule has 2 aromatic rings. The number of rotatable bonds is 11. The van der Waals surface area contributed by atoms with Crippen LogP contribution in [-0.2, 0) is 4.79 Å². The Morgan fingerprint density at radius 1 is 0.929 bits per heavy atom. The Morgan fingerprint density at radius 2 is 1.61 bits per heavy atom. The zero-order chi connectivity index (χ0) is 20.4. The summed E-state index contributed by atoms with van der Waals surface area (Å²) >= 11 is 0. The predicted octanol–water partition coefficient (Wildman–Crippen LogP) is 2.87. The first-order chi connectivity index (χ1) is 13.5. The average Bonchev–Trinajstić information content (AvgIpc) is 2.70. The molecular weight excluding hydrogens is 362 g/mol. The Hall–Kier alpha value is -3.22. The Bertz CT molecular complexity index is 788. The van der Waals surface area contributed by atoms with Crippen molar-refractivity contribution in [1.82, 2.24) is 5.32 Å². The third kappa shape index (κ3) is 6.50. The number of Topliss-reactive ketones (excluding diaryl/α,β-unsaturated/α-hetero) is 1. The van der Waals surface area contributed by atoms with Crippen molar-refractivity contribution in [3.63, 3.8) is 0 Å². The van der Waals surface area contributed by atoms with Crippen molar-refractivity contribution in [2.75, 3.05) is 33.5 Å². The van der Waals surface area contributed by atoms with Crippen LogP contribution in [0.1, 0.15) is 24.2 Å². The Balaban J connectivity index is 1.72. The first-order valence-electron chi connectivity index (χ1n) is 8.97. The van der Waals surface area contributed by atoms with Crippen LogP contribution >= 0.6 is 0 Å². The fourth-order valence-corrected chi connectivity index (χ4v) is 2.36. The maximum atomic E-state index is 11.9. The third-order valence-corrected chi connectivity index (χ3v) is 3.76. The van der Waals surface area contributed by atoms with Crippen LogP contribution in [0.25, 0.3) is 0 Å². The zero-order valence-electron chi connectivity index (χ0n) is 16.3. The highest BCUT2D eigenvalue weighted by Gasteiger charge is 2.10. The predicted molar refractivity (Wildman–Crippen MR) is 105 cm³/mol. The number of nitrogens with one attached hydrogen (secondary N) is 1. The second-order valence-corrected chi connectivity index (χ2v) is 5.81. The van der Waals surface area contributed by atoms with E-state index in [2.05, 4.69) is 5.32 Å². The topological polar surface area (TPSA) is 83.1 Å². The van der Waals surface area contributed by atoms with Gasteiger partial charge in [0.25, 0.3) is 5.91 Å². The van der Waals surface area contributed by atoms with Crippen LogP contribution in [0.2, 0.25) is 0 Å². The first-order valence-corrected chi connectivity index (χ1v) is 8.97. The van der Waals surface area contributed by atoms with E-state index in [0.29, 0.717) is 42.6 Å². The minimum atomic E-state index is -0.284. The second kappa shape index (κ2) is 10.8. The summed E-state index contributed by atoms with van der Waals surface area (Å²) < 4.78 is 21.6. The van der Waals surface area contributed by atoms with Gasteiger partial charge in [0.1, 0.15) is 18.1 Å². The molecule has 2 rings (SSSR count). The summed E-state index contributed by atoms with van der Waals surface area (Å²) in [5.41, 5.74) is 0.514. The van der Waals surface area contributed by atoms with E-state index >= 15 is 0 Å². The van der Waals surface area contributed by atoms with Gasteiger partial charge in [0.05, 0.1) is 20.3 Å². The second-order valence-electron chi connectivity index (χ2n) is 5.81. The number of hydrogen-bond donors (Lipinski definition) is 1. The van der Waals surface area contributed by atoms with Crippen molar-refractivity contribution in [1.29, 1.82) is 0 Å². The minimum absolute atomic E-state index is 0.0740. The molecule has 0 radical (unpaired) electrons. The van der Waals surface area contributed by atoms with Gasteiger partial charge in [-0.3, -0.25) is 9.59 Å². The number of benzene rings is 2. The molecule has 150 valence electrons. The molecular formula is C21H25NO6. The summed E-state index contributed by atoms with van der Waals surface area (Å²) in [5.74, 6) is 1.92. The number of carbonyl (C=O) groups is 2. The van der Waals surface area contributed by atoms with Gasteiger partial charge in [-0.1, -0.05) is 0 Å². The lowest BCUT2D eigenvalue weighted by atomic mass is 10.1. The molecule has 2 aromatic carbocycles. The van der Waals surface area contributed by atoms with E-state index < -0.39 is 0 Å². The smallest absolute Gasteiger partial charge is 0.258 e. The molecule has 1 N–H and O–H groups in total. The van der Waals surface area contributed by atoms with E-state index in [-0.39, 0.29) is 18.3 Å². The highest BCUT2D eigenvalue weighted by molar-refractivity contribution is 5.94. The molecule has 0 aliphatic carbocycles. The molecule has 0 saturated heterocycles. The van der Waals surface area contributed by atoms with E-state index in [4.69, 9.17) is 18.9 Å². The van der Waals surface area contributed by atoms with E-state index in [1.54, 1.807) is 18.2 Å². The lowest BCUT2D eigenvalue weighted by Gasteiger charge is -2.12. The molecule has 0 aliphatic rings. The van der Waals surface area contributed by atoms with Crippen LogP contribution < -0.4 is 24.3 Å². The molecule has 0 heterocycles. The van der Waals surface area contributed by atoms with E-state index in [1.165, 1.54) is 14.0 Å². The van der Waals surface area contributed by atoms with Gasteiger partial charge in [0.15, 0.2) is 23.9 Å². The number of ketones is 1. The zero-order valence-corrected chi connectivity index (χ0v) is 16.3. The summed E-state index contributed by atoms with van der Waals surface area (Å²) in [7, 11) is 1.48. The summed E-state index contributed by atoms with van der Waals surface area (Å²) in [6.45, 7) is 4.51. The normalized spacial score (nSPS) is 10.1. The van der Waals surface area contributed by atoms with Crippen molar-refractivity contribution < 1.29 is 28.5 Å². The number of hydrogen-bond acceptors (Lipinski definition) is 6. The standard InChI is InChI=1S/C21H25NO6/c1-4-26-17-6-8-18(9-7-17)27-12-11-22-21(24)14-28-19-10-5-16(15(2)23)13-20(19)25-3/h5-10,13H,4,11-12,14H2,1-3H3,(H,22,24). The van der Waals surface area contributed by atoms with Crippen LogP contribution in [0.4, 0.5) is 0 Å². The molecule has 0 aliphatic heterocycles. The van der Waals surface area contributed by atoms with Crippen molar-refractivity contribution in [3.8, 4) is 23.0 Å². The molecule has 7 nitrogen and oxygen atoms in total. The molecule has 0 spiro atoms. The molecule has 0 fully saturated rings. The maximum absolute atomic E-state index is 11.9. The van der Waals surface area contributed by atoms with E-state index in [0.717, 1.165) is 5.75 Å². The SMILES string of the molecule is CCOc1ccc(OCCNC(=O)COc2ccc(C(C)=O)cc2OC)cc1. The summed E-state index contributed by atoms with van der Waals surface area (Å²) in [6.07, 6.45) is 0. The van der Waals surface area contributed by atoms with Gasteiger partial charge >= 0.3 is 0 Å². The monoisotopic (exact) mass is 387 g/mol. The Labute approximate surface area is 164 Å². The molecule has 7 heteroatoms. The van der Waals surface area contributed by atoms with Crippen molar-refractivity contribution >= 4 is 11.7 Å². The number of amides is 1. The minimum Gasteiger partial charge on any atom is -0.494 e. The fourth-order valence-electron chi connectivity index (χ4n) is 2.36. The van der Waals surface area contributed by atoms with Gasteiger partial charge in [-0.2, -0.15) is 0 Å². The molecule has 0 bridgehead atoms. The fraction of sp³-hybridized carbons (Fsp3) is 0.333. The van der Waals surface area contributed by atoms with Gasteiger partial charge < -0.3 is 24.3 Å². The number of methoxy groups -OCH3 is 1. The molecule has 1 amide bonds. The molecule has 0 saturated carbocycles. The van der Waals surface area contributed by atoms with Gasteiger partial charge in [-0.25, -0.2) is 0 Å². The van der Waals surface area contributed by atoms with Crippen LogP contribution in [0, 0.1) is 0 Å². The molecule has 0 atom stereocenters. The van der Waals surface area contributed by atoms with Gasteiger partial charge in [-0.05, 0) is 56.3 Å². The van der Waals surface area contributed by atoms with E-state index in [1.807, 2.05) is 31.2 Å². The van der Waals surface area contributed by atoms with Crippen LogP contribution in [-0.4, -0.2) is 45.2 Å². The summed E-state index contributed by atoms with van der Waals surface area (Å²) in [5, 5.41) is 2.71.